The van der Waals surface area contributed by atoms with Gasteiger partial charge in [0.05, 0.1) is 13.2 Å². The zero-order valence-corrected chi connectivity index (χ0v) is 13.6. The van der Waals surface area contributed by atoms with Crippen LogP contribution < -0.4 is 10.1 Å². The van der Waals surface area contributed by atoms with Gasteiger partial charge in [0.25, 0.3) is 0 Å². The summed E-state index contributed by atoms with van der Waals surface area (Å²) in [7, 11) is 0. The number of carbonyl (C=O) groups is 1. The van der Waals surface area contributed by atoms with Gasteiger partial charge < -0.3 is 14.5 Å². The molecule has 3 aromatic rings. The highest BCUT2D eigenvalue weighted by Gasteiger charge is 2.09. The lowest BCUT2D eigenvalue weighted by Gasteiger charge is -2.05. The van der Waals surface area contributed by atoms with Gasteiger partial charge in [-0.2, -0.15) is 0 Å². The first-order valence-corrected chi connectivity index (χ1v) is 7.98. The van der Waals surface area contributed by atoms with Gasteiger partial charge in [-0.15, -0.1) is 10.2 Å². The molecule has 0 aliphatic heterocycles. The van der Waals surface area contributed by atoms with Crippen LogP contribution in [0.3, 0.4) is 0 Å². The van der Waals surface area contributed by atoms with Gasteiger partial charge in [0.1, 0.15) is 5.75 Å². The largest absolute Gasteiger partial charge is 0.494 e. The van der Waals surface area contributed by atoms with E-state index in [2.05, 4.69) is 20.5 Å². The standard InChI is InChI=1S/C18H18N4O3/c23-16(7-4-12-24-15-5-2-1-3-6-15)20-13-17-21-22-18(25-17)14-8-10-19-11-9-14/h1-3,5-6,8-11H,4,7,12-13H2,(H,20,23). The molecule has 0 saturated heterocycles. The van der Waals surface area contributed by atoms with E-state index in [1.54, 1.807) is 24.5 Å². The second-order valence-electron chi connectivity index (χ2n) is 5.28. The molecule has 1 amide bonds. The number of hydrogen-bond acceptors (Lipinski definition) is 6. The minimum atomic E-state index is -0.0830. The van der Waals surface area contributed by atoms with E-state index >= 15 is 0 Å². The van der Waals surface area contributed by atoms with E-state index in [1.807, 2.05) is 30.3 Å². The Morgan fingerprint density at radius 3 is 2.68 bits per heavy atom. The molecule has 0 spiro atoms. The number of carbonyl (C=O) groups excluding carboxylic acids is 1. The first-order valence-electron chi connectivity index (χ1n) is 7.98. The van der Waals surface area contributed by atoms with Crippen LogP contribution in [0.2, 0.25) is 0 Å². The van der Waals surface area contributed by atoms with Crippen LogP contribution in [0.4, 0.5) is 0 Å². The molecule has 0 aliphatic carbocycles. The highest BCUT2D eigenvalue weighted by molar-refractivity contribution is 5.75. The third-order valence-corrected chi connectivity index (χ3v) is 3.39. The zero-order chi connectivity index (χ0) is 17.3. The first-order chi connectivity index (χ1) is 12.3. The predicted molar refractivity (Wildman–Crippen MR) is 90.5 cm³/mol. The van der Waals surface area contributed by atoms with E-state index < -0.39 is 0 Å². The number of para-hydroxylation sites is 1. The molecule has 128 valence electrons. The van der Waals surface area contributed by atoms with Crippen molar-refractivity contribution in [1.82, 2.24) is 20.5 Å². The third kappa shape index (κ3) is 5.13. The van der Waals surface area contributed by atoms with Crippen molar-refractivity contribution in [3.05, 3.63) is 60.7 Å². The highest BCUT2D eigenvalue weighted by atomic mass is 16.5. The molecule has 0 aliphatic rings. The number of ether oxygens (including phenoxy) is 1. The summed E-state index contributed by atoms with van der Waals surface area (Å²) in [6.45, 7) is 0.695. The molecule has 7 nitrogen and oxygen atoms in total. The van der Waals surface area contributed by atoms with Crippen LogP contribution >= 0.6 is 0 Å². The molecule has 0 unspecified atom stereocenters. The van der Waals surface area contributed by atoms with Crippen LogP contribution in [-0.4, -0.2) is 27.7 Å². The Bertz CT molecular complexity index is 790. The van der Waals surface area contributed by atoms with E-state index in [-0.39, 0.29) is 12.5 Å². The molecule has 2 aromatic heterocycles. The fourth-order valence-electron chi connectivity index (χ4n) is 2.14. The molecule has 1 N–H and O–H groups in total. The van der Waals surface area contributed by atoms with E-state index in [1.165, 1.54) is 0 Å². The monoisotopic (exact) mass is 338 g/mol. The summed E-state index contributed by atoms with van der Waals surface area (Å²) in [6, 6.07) is 13.1. The van der Waals surface area contributed by atoms with Gasteiger partial charge in [-0.25, -0.2) is 0 Å². The van der Waals surface area contributed by atoms with Crippen molar-refractivity contribution in [3.8, 4) is 17.2 Å². The SMILES string of the molecule is O=C(CCCOc1ccccc1)NCc1nnc(-c2ccncc2)o1. The van der Waals surface area contributed by atoms with Crippen LogP contribution in [0, 0.1) is 0 Å². The van der Waals surface area contributed by atoms with Gasteiger partial charge in [0.2, 0.25) is 17.7 Å². The fourth-order valence-corrected chi connectivity index (χ4v) is 2.14. The number of amides is 1. The lowest BCUT2D eigenvalue weighted by molar-refractivity contribution is -0.121. The Morgan fingerprint density at radius 1 is 1.08 bits per heavy atom. The van der Waals surface area contributed by atoms with Crippen LogP contribution in [0.5, 0.6) is 5.75 Å². The summed E-state index contributed by atoms with van der Waals surface area (Å²) in [5.74, 6) is 1.49. The molecule has 2 heterocycles. The summed E-state index contributed by atoms with van der Waals surface area (Å²) >= 11 is 0. The van der Waals surface area contributed by atoms with Gasteiger partial charge in [-0.3, -0.25) is 9.78 Å². The van der Waals surface area contributed by atoms with Crippen LogP contribution in [0.25, 0.3) is 11.5 Å². The quantitative estimate of drug-likeness (QED) is 0.635. The number of nitrogens with zero attached hydrogens (tertiary/aromatic N) is 3. The summed E-state index contributed by atoms with van der Waals surface area (Å²) in [5.41, 5.74) is 0.790. The van der Waals surface area contributed by atoms with Gasteiger partial charge in [-0.05, 0) is 30.7 Å². The molecule has 3 rings (SSSR count). The summed E-state index contributed by atoms with van der Waals surface area (Å²) < 4.78 is 11.1. The zero-order valence-electron chi connectivity index (χ0n) is 13.6. The highest BCUT2D eigenvalue weighted by Crippen LogP contribution is 2.16. The van der Waals surface area contributed by atoms with Crippen LogP contribution in [0.15, 0.2) is 59.3 Å². The Kier molecular flexibility index (Phi) is 5.71. The molecule has 0 atom stereocenters. The number of benzene rings is 1. The van der Waals surface area contributed by atoms with Crippen molar-refractivity contribution >= 4 is 5.91 Å². The Morgan fingerprint density at radius 2 is 1.88 bits per heavy atom. The number of pyridine rings is 1. The smallest absolute Gasteiger partial charge is 0.247 e. The van der Waals surface area contributed by atoms with Crippen molar-refractivity contribution in [1.29, 1.82) is 0 Å². The lowest BCUT2D eigenvalue weighted by Crippen LogP contribution is -2.23. The lowest BCUT2D eigenvalue weighted by atomic mass is 10.3. The summed E-state index contributed by atoms with van der Waals surface area (Å²) in [6.07, 6.45) is 4.31. The second-order valence-corrected chi connectivity index (χ2v) is 5.28. The van der Waals surface area contributed by atoms with Crippen molar-refractivity contribution in [2.75, 3.05) is 6.61 Å². The van der Waals surface area contributed by atoms with Gasteiger partial charge in [0, 0.05) is 24.4 Å². The van der Waals surface area contributed by atoms with Crippen molar-refractivity contribution in [2.45, 2.75) is 19.4 Å². The molecule has 0 fully saturated rings. The van der Waals surface area contributed by atoms with Gasteiger partial charge in [-0.1, -0.05) is 18.2 Å². The van der Waals surface area contributed by atoms with E-state index in [0.717, 1.165) is 11.3 Å². The maximum absolute atomic E-state index is 11.8. The fraction of sp³-hybridized carbons (Fsp3) is 0.222. The molecular formula is C18H18N4O3. The van der Waals surface area contributed by atoms with E-state index in [4.69, 9.17) is 9.15 Å². The Balaban J connectivity index is 1.37. The van der Waals surface area contributed by atoms with Crippen LogP contribution in [0.1, 0.15) is 18.7 Å². The molecule has 0 saturated carbocycles. The second kappa shape index (κ2) is 8.58. The Labute approximate surface area is 145 Å². The molecule has 0 bridgehead atoms. The van der Waals surface area contributed by atoms with Crippen molar-refractivity contribution in [3.63, 3.8) is 0 Å². The Hall–Kier alpha value is -3.22. The third-order valence-electron chi connectivity index (χ3n) is 3.39. The average Bonchev–Trinajstić information content (AvgIpc) is 3.14. The number of aromatic nitrogens is 3. The average molecular weight is 338 g/mol. The maximum atomic E-state index is 11.8. The van der Waals surface area contributed by atoms with Crippen molar-refractivity contribution in [2.24, 2.45) is 0 Å². The van der Waals surface area contributed by atoms with Gasteiger partial charge >= 0.3 is 0 Å². The predicted octanol–water partition coefficient (Wildman–Crippen LogP) is 2.61. The summed E-state index contributed by atoms with van der Waals surface area (Å²) in [5, 5.41) is 10.6. The normalized spacial score (nSPS) is 10.4. The van der Waals surface area contributed by atoms with Gasteiger partial charge in [0.15, 0.2) is 0 Å². The van der Waals surface area contributed by atoms with Crippen molar-refractivity contribution < 1.29 is 13.9 Å². The minimum Gasteiger partial charge on any atom is -0.494 e. The first kappa shape index (κ1) is 16.6. The molecule has 25 heavy (non-hydrogen) atoms. The van der Waals surface area contributed by atoms with Crippen LogP contribution in [-0.2, 0) is 11.3 Å². The number of hydrogen-bond donors (Lipinski definition) is 1. The molecule has 1 aromatic carbocycles. The number of rotatable bonds is 8. The molecule has 7 heteroatoms. The maximum Gasteiger partial charge on any atom is 0.247 e. The van der Waals surface area contributed by atoms with E-state index in [0.29, 0.717) is 31.2 Å². The molecular weight excluding hydrogens is 320 g/mol. The number of nitrogens with one attached hydrogen (secondary N) is 1. The van der Waals surface area contributed by atoms with E-state index in [9.17, 15) is 4.79 Å². The minimum absolute atomic E-state index is 0.0830. The summed E-state index contributed by atoms with van der Waals surface area (Å²) in [4.78, 5) is 15.8. The topological polar surface area (TPSA) is 90.1 Å². The molecule has 0 radical (unpaired) electrons.